The van der Waals surface area contributed by atoms with Crippen molar-refractivity contribution in [2.75, 3.05) is 0 Å². The standard InChI is InChI=1S/C13H17Cl3/c1-9(2)11(14)6-3-5-10-12(15)7-4-8-13(10)16/h4,7-9,11H,3,5-6H2,1-2H3. The predicted octanol–water partition coefficient (Wildman–Crippen LogP) is 5.58. The van der Waals surface area contributed by atoms with E-state index in [0.29, 0.717) is 5.92 Å². The second-order valence-corrected chi connectivity index (χ2v) is 5.73. The number of hydrogen-bond donors (Lipinski definition) is 0. The molecule has 0 fully saturated rings. The third-order valence-electron chi connectivity index (χ3n) is 2.69. The fourth-order valence-electron chi connectivity index (χ4n) is 1.58. The van der Waals surface area contributed by atoms with Crippen molar-refractivity contribution in [1.82, 2.24) is 0 Å². The predicted molar refractivity (Wildman–Crippen MR) is 73.9 cm³/mol. The van der Waals surface area contributed by atoms with Gasteiger partial charge in [-0.1, -0.05) is 43.1 Å². The molecule has 0 bridgehead atoms. The molecule has 0 saturated carbocycles. The Morgan fingerprint density at radius 3 is 2.19 bits per heavy atom. The minimum Gasteiger partial charge on any atom is -0.123 e. The monoisotopic (exact) mass is 278 g/mol. The highest BCUT2D eigenvalue weighted by atomic mass is 35.5. The molecule has 0 aliphatic heterocycles. The molecule has 0 aliphatic rings. The first kappa shape index (κ1) is 14.2. The summed E-state index contributed by atoms with van der Waals surface area (Å²) >= 11 is 18.4. The van der Waals surface area contributed by atoms with Gasteiger partial charge < -0.3 is 0 Å². The molecule has 0 heterocycles. The molecule has 0 saturated heterocycles. The molecule has 1 unspecified atom stereocenters. The van der Waals surface area contributed by atoms with Crippen LogP contribution in [-0.4, -0.2) is 5.38 Å². The van der Waals surface area contributed by atoms with E-state index in [2.05, 4.69) is 13.8 Å². The zero-order chi connectivity index (χ0) is 12.1. The number of halogens is 3. The van der Waals surface area contributed by atoms with E-state index in [4.69, 9.17) is 34.8 Å². The molecule has 1 aromatic rings. The quantitative estimate of drug-likeness (QED) is 0.617. The second-order valence-electron chi connectivity index (χ2n) is 4.35. The molecule has 90 valence electrons. The van der Waals surface area contributed by atoms with Gasteiger partial charge in [0.1, 0.15) is 0 Å². The molecule has 1 rings (SSSR count). The van der Waals surface area contributed by atoms with Gasteiger partial charge in [-0.3, -0.25) is 0 Å². The van der Waals surface area contributed by atoms with E-state index in [0.717, 1.165) is 34.9 Å². The SMILES string of the molecule is CC(C)C(Cl)CCCc1c(Cl)cccc1Cl. The molecule has 0 aromatic heterocycles. The van der Waals surface area contributed by atoms with Crippen LogP contribution in [0.15, 0.2) is 18.2 Å². The number of rotatable bonds is 5. The topological polar surface area (TPSA) is 0 Å². The maximum atomic E-state index is 6.20. The summed E-state index contributed by atoms with van der Waals surface area (Å²) in [6.45, 7) is 4.28. The molecule has 0 amide bonds. The summed E-state index contributed by atoms with van der Waals surface area (Å²) in [6.07, 6.45) is 2.92. The third-order valence-corrected chi connectivity index (χ3v) is 4.12. The first-order valence-electron chi connectivity index (χ1n) is 5.59. The Morgan fingerprint density at radius 1 is 1.12 bits per heavy atom. The Kier molecular flexibility index (Phi) is 5.96. The Morgan fingerprint density at radius 2 is 1.69 bits per heavy atom. The molecule has 0 nitrogen and oxygen atoms in total. The second kappa shape index (κ2) is 6.74. The van der Waals surface area contributed by atoms with Crippen molar-refractivity contribution in [2.24, 2.45) is 5.92 Å². The first-order valence-corrected chi connectivity index (χ1v) is 6.78. The molecule has 1 aromatic carbocycles. The summed E-state index contributed by atoms with van der Waals surface area (Å²) in [5.41, 5.74) is 1.04. The Bertz CT molecular complexity index is 314. The minimum absolute atomic E-state index is 0.237. The molecular weight excluding hydrogens is 263 g/mol. The van der Waals surface area contributed by atoms with Gasteiger partial charge in [-0.15, -0.1) is 11.6 Å². The van der Waals surface area contributed by atoms with E-state index >= 15 is 0 Å². The molecule has 0 radical (unpaired) electrons. The van der Waals surface area contributed by atoms with Gasteiger partial charge in [-0.2, -0.15) is 0 Å². The highest BCUT2D eigenvalue weighted by molar-refractivity contribution is 6.35. The van der Waals surface area contributed by atoms with Crippen molar-refractivity contribution in [1.29, 1.82) is 0 Å². The largest absolute Gasteiger partial charge is 0.123 e. The summed E-state index contributed by atoms with van der Waals surface area (Å²) in [5, 5.41) is 1.74. The summed E-state index contributed by atoms with van der Waals surface area (Å²) in [6, 6.07) is 5.62. The normalized spacial score (nSPS) is 13.1. The molecule has 0 aliphatic carbocycles. The van der Waals surface area contributed by atoms with Crippen molar-refractivity contribution in [2.45, 2.75) is 38.5 Å². The molecule has 1 atom stereocenters. The van der Waals surface area contributed by atoms with E-state index in [-0.39, 0.29) is 5.38 Å². The van der Waals surface area contributed by atoms with Gasteiger partial charge in [-0.05, 0) is 42.9 Å². The smallest absolute Gasteiger partial charge is 0.0452 e. The molecule has 16 heavy (non-hydrogen) atoms. The van der Waals surface area contributed by atoms with Crippen LogP contribution in [0.2, 0.25) is 10.0 Å². The first-order chi connectivity index (χ1) is 7.52. The van der Waals surface area contributed by atoms with E-state index in [1.807, 2.05) is 18.2 Å². The van der Waals surface area contributed by atoms with Crippen LogP contribution in [0.5, 0.6) is 0 Å². The third kappa shape index (κ3) is 4.16. The fourth-order valence-corrected chi connectivity index (χ4v) is 2.32. The molecule has 0 spiro atoms. The van der Waals surface area contributed by atoms with Crippen LogP contribution in [0.3, 0.4) is 0 Å². The van der Waals surface area contributed by atoms with Crippen LogP contribution in [0, 0.1) is 5.92 Å². The van der Waals surface area contributed by atoms with Crippen molar-refractivity contribution in [3.8, 4) is 0 Å². The van der Waals surface area contributed by atoms with Crippen molar-refractivity contribution in [3.05, 3.63) is 33.8 Å². The van der Waals surface area contributed by atoms with Crippen LogP contribution >= 0.6 is 34.8 Å². The maximum absolute atomic E-state index is 6.20. The van der Waals surface area contributed by atoms with Gasteiger partial charge in [0.05, 0.1) is 0 Å². The Hall–Kier alpha value is 0.0900. The maximum Gasteiger partial charge on any atom is 0.0452 e. The summed E-state index contributed by atoms with van der Waals surface area (Å²) in [7, 11) is 0. The lowest BCUT2D eigenvalue weighted by molar-refractivity contribution is 0.547. The molecular formula is C13H17Cl3. The van der Waals surface area contributed by atoms with Crippen LogP contribution in [0.1, 0.15) is 32.3 Å². The molecule has 0 N–H and O–H groups in total. The van der Waals surface area contributed by atoms with Crippen molar-refractivity contribution >= 4 is 34.8 Å². The summed E-state index contributed by atoms with van der Waals surface area (Å²) < 4.78 is 0. The Labute approximate surface area is 113 Å². The lowest BCUT2D eigenvalue weighted by Crippen LogP contribution is -2.07. The van der Waals surface area contributed by atoms with Gasteiger partial charge in [0.2, 0.25) is 0 Å². The van der Waals surface area contributed by atoms with Gasteiger partial charge in [0, 0.05) is 15.4 Å². The van der Waals surface area contributed by atoms with E-state index in [1.165, 1.54) is 0 Å². The van der Waals surface area contributed by atoms with E-state index in [1.54, 1.807) is 0 Å². The highest BCUT2D eigenvalue weighted by Gasteiger charge is 2.10. The number of benzene rings is 1. The lowest BCUT2D eigenvalue weighted by Gasteiger charge is -2.13. The van der Waals surface area contributed by atoms with E-state index < -0.39 is 0 Å². The molecule has 3 heteroatoms. The summed E-state index contributed by atoms with van der Waals surface area (Å²) in [5.74, 6) is 0.517. The minimum atomic E-state index is 0.237. The average molecular weight is 280 g/mol. The average Bonchev–Trinajstić information content (AvgIpc) is 2.22. The van der Waals surface area contributed by atoms with E-state index in [9.17, 15) is 0 Å². The van der Waals surface area contributed by atoms with Gasteiger partial charge in [-0.25, -0.2) is 0 Å². The lowest BCUT2D eigenvalue weighted by atomic mass is 10.0. The van der Waals surface area contributed by atoms with Gasteiger partial charge in [0.25, 0.3) is 0 Å². The van der Waals surface area contributed by atoms with Crippen LogP contribution < -0.4 is 0 Å². The number of hydrogen-bond acceptors (Lipinski definition) is 0. The fraction of sp³-hybridized carbons (Fsp3) is 0.538. The summed E-state index contributed by atoms with van der Waals surface area (Å²) in [4.78, 5) is 0. The number of alkyl halides is 1. The highest BCUT2D eigenvalue weighted by Crippen LogP contribution is 2.27. The zero-order valence-electron chi connectivity index (χ0n) is 9.64. The van der Waals surface area contributed by atoms with Gasteiger partial charge >= 0.3 is 0 Å². The van der Waals surface area contributed by atoms with Crippen molar-refractivity contribution < 1.29 is 0 Å². The van der Waals surface area contributed by atoms with Gasteiger partial charge in [0.15, 0.2) is 0 Å². The van der Waals surface area contributed by atoms with Crippen LogP contribution in [0.25, 0.3) is 0 Å². The van der Waals surface area contributed by atoms with Crippen LogP contribution in [0.4, 0.5) is 0 Å². The Balaban J connectivity index is 2.49. The zero-order valence-corrected chi connectivity index (χ0v) is 11.9. The van der Waals surface area contributed by atoms with Crippen LogP contribution in [-0.2, 0) is 6.42 Å². The van der Waals surface area contributed by atoms with Crippen molar-refractivity contribution in [3.63, 3.8) is 0 Å².